The van der Waals surface area contributed by atoms with Gasteiger partial charge in [-0.3, -0.25) is 9.59 Å². The van der Waals surface area contributed by atoms with Crippen molar-refractivity contribution in [3.05, 3.63) is 55.3 Å². The number of rotatable bonds is 3. The molecule has 0 fully saturated rings. The van der Waals surface area contributed by atoms with E-state index < -0.39 is 17.0 Å². The monoisotopic (exact) mass is 338 g/mol. The fourth-order valence-corrected chi connectivity index (χ4v) is 2.16. The Hall–Kier alpha value is -2.15. The van der Waals surface area contributed by atoms with Gasteiger partial charge in [0.25, 0.3) is 5.56 Å². The minimum absolute atomic E-state index is 0.0773. The summed E-state index contributed by atoms with van der Waals surface area (Å²) in [5, 5.41) is 0. The molecule has 1 heterocycles. The predicted molar refractivity (Wildman–Crippen MR) is 76.9 cm³/mol. The molecule has 0 aliphatic carbocycles. The van der Waals surface area contributed by atoms with E-state index in [2.05, 4.69) is 20.9 Å². The normalized spacial score (nSPS) is 10.3. The number of hydrogen-bond donors (Lipinski definition) is 1. The van der Waals surface area contributed by atoms with E-state index in [1.54, 1.807) is 12.1 Å². The summed E-state index contributed by atoms with van der Waals surface area (Å²) in [7, 11) is 1.48. The van der Waals surface area contributed by atoms with Gasteiger partial charge in [0.2, 0.25) is 0 Å². The zero-order valence-electron chi connectivity index (χ0n) is 10.8. The molecule has 1 N–H and O–H groups in total. The Kier molecular flexibility index (Phi) is 3.89. The number of ether oxygens (including phenoxy) is 1. The molecule has 1 aromatic carbocycles. The Bertz CT molecular complexity index is 792. The Balaban J connectivity index is 2.76. The third-order valence-electron chi connectivity index (χ3n) is 2.75. The van der Waals surface area contributed by atoms with Crippen molar-refractivity contribution in [3.63, 3.8) is 0 Å². The second-order valence-corrected chi connectivity index (χ2v) is 4.88. The molecule has 0 saturated heterocycles. The zero-order valence-corrected chi connectivity index (χ0v) is 12.4. The zero-order chi connectivity index (χ0) is 14.9. The highest BCUT2D eigenvalue weighted by Crippen LogP contribution is 2.26. The summed E-state index contributed by atoms with van der Waals surface area (Å²) >= 11 is 3.29. The number of aromatic nitrogens is 2. The van der Waals surface area contributed by atoms with E-state index in [4.69, 9.17) is 4.74 Å². The van der Waals surface area contributed by atoms with Gasteiger partial charge in [-0.25, -0.2) is 9.36 Å². The van der Waals surface area contributed by atoms with E-state index in [0.717, 1.165) is 10.8 Å². The third kappa shape index (κ3) is 2.44. The molecule has 2 rings (SSSR count). The van der Waals surface area contributed by atoms with Gasteiger partial charge in [-0.15, -0.1) is 0 Å². The predicted octanol–water partition coefficient (Wildman–Crippen LogP) is 1.50. The smallest absolute Gasteiger partial charge is 0.333 e. The third-order valence-corrected chi connectivity index (χ3v) is 3.40. The van der Waals surface area contributed by atoms with Crippen LogP contribution in [0.5, 0.6) is 5.75 Å². The molecule has 0 unspecified atom stereocenters. The average molecular weight is 339 g/mol. The van der Waals surface area contributed by atoms with Gasteiger partial charge in [0.05, 0.1) is 22.8 Å². The highest BCUT2D eigenvalue weighted by atomic mass is 79.9. The molecule has 0 radical (unpaired) electrons. The lowest BCUT2D eigenvalue weighted by Gasteiger charge is -2.09. The van der Waals surface area contributed by atoms with Crippen LogP contribution in [0.25, 0.3) is 5.69 Å². The summed E-state index contributed by atoms with van der Waals surface area (Å²) in [6.45, 7) is 1.27. The van der Waals surface area contributed by atoms with Crippen LogP contribution in [0.2, 0.25) is 0 Å². The van der Waals surface area contributed by atoms with Crippen molar-refractivity contribution in [1.29, 1.82) is 0 Å². The van der Waals surface area contributed by atoms with Crippen molar-refractivity contribution in [2.24, 2.45) is 0 Å². The first-order valence-electron chi connectivity index (χ1n) is 5.65. The average Bonchev–Trinajstić information content (AvgIpc) is 2.40. The van der Waals surface area contributed by atoms with Crippen molar-refractivity contribution in [2.45, 2.75) is 6.92 Å². The van der Waals surface area contributed by atoms with Crippen LogP contribution in [0, 0.1) is 0 Å². The van der Waals surface area contributed by atoms with Gasteiger partial charge in [-0.2, -0.15) is 0 Å². The molecule has 7 heteroatoms. The summed E-state index contributed by atoms with van der Waals surface area (Å²) in [4.78, 5) is 37.8. The minimum atomic E-state index is -0.661. The number of ketones is 1. The Morgan fingerprint density at radius 3 is 2.65 bits per heavy atom. The van der Waals surface area contributed by atoms with E-state index in [-0.39, 0.29) is 5.56 Å². The number of aromatic amines is 1. The maximum Gasteiger partial charge on any atom is 0.333 e. The number of carbonyl (C=O) groups is 1. The number of nitrogens with one attached hydrogen (secondary N) is 1. The van der Waals surface area contributed by atoms with Gasteiger partial charge in [-0.1, -0.05) is 0 Å². The lowest BCUT2D eigenvalue weighted by molar-refractivity contribution is 0.101. The van der Waals surface area contributed by atoms with Crippen molar-refractivity contribution in [1.82, 2.24) is 9.55 Å². The Morgan fingerprint density at radius 2 is 2.05 bits per heavy atom. The van der Waals surface area contributed by atoms with E-state index in [0.29, 0.717) is 15.9 Å². The van der Waals surface area contributed by atoms with Crippen LogP contribution in [0.3, 0.4) is 0 Å². The molecule has 0 saturated carbocycles. The molecule has 2 aromatic rings. The van der Waals surface area contributed by atoms with Crippen LogP contribution in [-0.4, -0.2) is 22.4 Å². The molecule has 104 valence electrons. The molecule has 0 amide bonds. The largest absolute Gasteiger partial charge is 0.495 e. The van der Waals surface area contributed by atoms with Crippen molar-refractivity contribution in [3.8, 4) is 11.4 Å². The van der Waals surface area contributed by atoms with Crippen LogP contribution in [0.4, 0.5) is 0 Å². The molecule has 1 aromatic heterocycles. The maximum atomic E-state index is 12.2. The number of benzene rings is 1. The molecule has 0 spiro atoms. The number of halogens is 1. The van der Waals surface area contributed by atoms with Crippen LogP contribution < -0.4 is 16.0 Å². The highest BCUT2D eigenvalue weighted by molar-refractivity contribution is 9.10. The van der Waals surface area contributed by atoms with Crippen LogP contribution in [0.1, 0.15) is 17.3 Å². The molecule has 0 bridgehead atoms. The summed E-state index contributed by atoms with van der Waals surface area (Å²) in [6, 6.07) is 4.76. The van der Waals surface area contributed by atoms with Crippen molar-refractivity contribution in [2.75, 3.05) is 7.11 Å². The summed E-state index contributed by atoms with van der Waals surface area (Å²) in [5.74, 6) is 0.0612. The first-order chi connectivity index (χ1) is 9.45. The number of methoxy groups -OCH3 is 1. The van der Waals surface area contributed by atoms with Crippen LogP contribution in [-0.2, 0) is 0 Å². The number of H-pyrrole nitrogens is 1. The Labute approximate surface area is 122 Å². The lowest BCUT2D eigenvalue weighted by atomic mass is 10.2. The molecular weight excluding hydrogens is 328 g/mol. The second-order valence-electron chi connectivity index (χ2n) is 4.02. The van der Waals surface area contributed by atoms with E-state index in [1.165, 1.54) is 20.1 Å². The van der Waals surface area contributed by atoms with Gasteiger partial charge in [-0.05, 0) is 35.0 Å². The van der Waals surface area contributed by atoms with Crippen LogP contribution >= 0.6 is 15.9 Å². The molecular formula is C13H11BrN2O4. The van der Waals surface area contributed by atoms with Gasteiger partial charge in [0.15, 0.2) is 5.78 Å². The highest BCUT2D eigenvalue weighted by Gasteiger charge is 2.13. The fourth-order valence-electron chi connectivity index (χ4n) is 1.75. The standard InChI is InChI=1S/C13H11BrN2O4/c1-7(17)9-6-15-13(19)16(12(9)18)8-3-4-10(14)11(5-8)20-2/h3-6H,1-2H3,(H,15,19). The summed E-state index contributed by atoms with van der Waals surface area (Å²) in [5.41, 5.74) is -1.04. The summed E-state index contributed by atoms with van der Waals surface area (Å²) in [6.07, 6.45) is 1.12. The van der Waals surface area contributed by atoms with Crippen LogP contribution in [0.15, 0.2) is 38.5 Å². The lowest BCUT2D eigenvalue weighted by Crippen LogP contribution is -2.36. The molecule has 20 heavy (non-hydrogen) atoms. The molecule has 6 nitrogen and oxygen atoms in total. The topological polar surface area (TPSA) is 81.2 Å². The first-order valence-corrected chi connectivity index (χ1v) is 6.44. The van der Waals surface area contributed by atoms with Gasteiger partial charge >= 0.3 is 5.69 Å². The number of hydrogen-bond acceptors (Lipinski definition) is 4. The number of nitrogens with zero attached hydrogens (tertiary/aromatic N) is 1. The quantitative estimate of drug-likeness (QED) is 0.860. The first kappa shape index (κ1) is 14.3. The molecule has 0 aliphatic heterocycles. The van der Waals surface area contributed by atoms with Crippen molar-refractivity contribution >= 4 is 21.7 Å². The van der Waals surface area contributed by atoms with Gasteiger partial charge in [0.1, 0.15) is 5.75 Å². The SMILES string of the molecule is COc1cc(-n2c(=O)[nH]cc(C(C)=O)c2=O)ccc1Br. The van der Waals surface area contributed by atoms with Crippen molar-refractivity contribution < 1.29 is 9.53 Å². The number of Topliss-reactive ketones (excluding diaryl/α,β-unsaturated/α-hetero) is 1. The summed E-state index contributed by atoms with van der Waals surface area (Å²) < 4.78 is 6.71. The van der Waals surface area contributed by atoms with Gasteiger partial charge in [0, 0.05) is 12.3 Å². The van der Waals surface area contributed by atoms with E-state index >= 15 is 0 Å². The second kappa shape index (κ2) is 5.46. The molecule has 0 atom stereocenters. The van der Waals surface area contributed by atoms with E-state index in [1.807, 2.05) is 0 Å². The Morgan fingerprint density at radius 1 is 1.35 bits per heavy atom. The minimum Gasteiger partial charge on any atom is -0.495 e. The maximum absolute atomic E-state index is 12.2. The van der Waals surface area contributed by atoms with Gasteiger partial charge < -0.3 is 9.72 Å². The van der Waals surface area contributed by atoms with E-state index in [9.17, 15) is 14.4 Å². The fraction of sp³-hybridized carbons (Fsp3) is 0.154. The number of carbonyl (C=O) groups excluding carboxylic acids is 1. The molecule has 0 aliphatic rings.